The van der Waals surface area contributed by atoms with Gasteiger partial charge in [-0.05, 0) is 11.5 Å². The summed E-state index contributed by atoms with van der Waals surface area (Å²) >= 11 is 5.16. The molecule has 1 fully saturated rings. The van der Waals surface area contributed by atoms with Crippen molar-refractivity contribution >= 4 is 23.1 Å². The number of carbonyl (C=O) groups excluding carboxylic acids is 1. The van der Waals surface area contributed by atoms with Crippen LogP contribution in [0, 0.1) is 5.92 Å². The highest BCUT2D eigenvalue weighted by Gasteiger charge is 2.32. The minimum atomic E-state index is 0.0489. The molecule has 3 heteroatoms. The predicted octanol–water partition coefficient (Wildman–Crippen LogP) is 2.25. The summed E-state index contributed by atoms with van der Waals surface area (Å²) in [5.74, 6) is 0.514. The van der Waals surface area contributed by atoms with Crippen LogP contribution in [0.1, 0.15) is 24.8 Å². The molecule has 1 aromatic carbocycles. The summed E-state index contributed by atoms with van der Waals surface area (Å²) in [6.45, 7) is 2.12. The van der Waals surface area contributed by atoms with Gasteiger partial charge in [-0.25, -0.2) is 0 Å². The summed E-state index contributed by atoms with van der Waals surface area (Å²) in [4.78, 5) is 11.9. The van der Waals surface area contributed by atoms with Crippen LogP contribution in [-0.2, 0) is 4.79 Å². The Morgan fingerprint density at radius 3 is 2.60 bits per heavy atom. The monoisotopic (exact) mass is 219 g/mol. The zero-order chi connectivity index (χ0) is 10.8. The molecule has 2 nitrogen and oxygen atoms in total. The van der Waals surface area contributed by atoms with Crippen LogP contribution in [0.25, 0.3) is 0 Å². The van der Waals surface area contributed by atoms with Crippen molar-refractivity contribution in [2.24, 2.45) is 5.92 Å². The smallest absolute Gasteiger partial charge is 0.225 e. The lowest BCUT2D eigenvalue weighted by molar-refractivity contribution is -0.119. The van der Waals surface area contributed by atoms with Gasteiger partial charge in [-0.3, -0.25) is 4.79 Å². The Bertz CT molecular complexity index is 388. The molecule has 2 rings (SSSR count). The molecule has 2 unspecified atom stereocenters. The van der Waals surface area contributed by atoms with Crippen LogP contribution in [-0.4, -0.2) is 10.9 Å². The van der Waals surface area contributed by atoms with Gasteiger partial charge < -0.3 is 5.32 Å². The second-order valence-corrected chi connectivity index (χ2v) is 4.36. The van der Waals surface area contributed by atoms with E-state index in [9.17, 15) is 4.79 Å². The lowest BCUT2D eigenvalue weighted by Gasteiger charge is -2.17. The number of benzene rings is 1. The molecule has 0 radical (unpaired) electrons. The van der Waals surface area contributed by atoms with E-state index in [0.717, 1.165) is 0 Å². The van der Waals surface area contributed by atoms with Crippen molar-refractivity contribution in [2.75, 3.05) is 0 Å². The van der Waals surface area contributed by atoms with Gasteiger partial charge in [0, 0.05) is 12.3 Å². The molecule has 0 spiro atoms. The summed E-state index contributed by atoms with van der Waals surface area (Å²) in [6, 6.07) is 10.2. The quantitative estimate of drug-likeness (QED) is 0.773. The number of hydrogen-bond donors (Lipinski definition) is 1. The summed E-state index contributed by atoms with van der Waals surface area (Å²) < 4.78 is 0. The fourth-order valence-corrected chi connectivity index (χ4v) is 2.37. The number of amides is 1. The van der Waals surface area contributed by atoms with Gasteiger partial charge in [-0.1, -0.05) is 49.5 Å². The summed E-state index contributed by atoms with van der Waals surface area (Å²) in [5.41, 5.74) is 1.24. The van der Waals surface area contributed by atoms with Crippen LogP contribution in [0.4, 0.5) is 0 Å². The molecule has 1 aliphatic rings. The van der Waals surface area contributed by atoms with Crippen LogP contribution in [0.3, 0.4) is 0 Å². The van der Waals surface area contributed by atoms with Crippen molar-refractivity contribution in [3.05, 3.63) is 35.9 Å². The molecule has 0 bridgehead atoms. The maximum absolute atomic E-state index is 11.2. The van der Waals surface area contributed by atoms with E-state index in [1.807, 2.05) is 18.2 Å². The van der Waals surface area contributed by atoms with E-state index in [0.29, 0.717) is 17.3 Å². The number of carbonyl (C=O) groups is 1. The van der Waals surface area contributed by atoms with Gasteiger partial charge in [0.15, 0.2) is 0 Å². The van der Waals surface area contributed by atoms with Crippen LogP contribution < -0.4 is 5.32 Å². The maximum atomic E-state index is 11.2. The third-order valence-electron chi connectivity index (χ3n) is 2.93. The number of hydrogen-bond acceptors (Lipinski definition) is 2. The Hall–Kier alpha value is -1.22. The van der Waals surface area contributed by atoms with Crippen LogP contribution in [0.15, 0.2) is 30.3 Å². The molecule has 1 saturated heterocycles. The Balaban J connectivity index is 2.18. The van der Waals surface area contributed by atoms with E-state index in [1.54, 1.807) is 0 Å². The summed E-state index contributed by atoms with van der Waals surface area (Å²) in [6.07, 6.45) is 0.523. The lowest BCUT2D eigenvalue weighted by atomic mass is 9.87. The molecule has 1 N–H and O–H groups in total. The zero-order valence-electron chi connectivity index (χ0n) is 8.57. The van der Waals surface area contributed by atoms with Gasteiger partial charge >= 0.3 is 0 Å². The Kier molecular flexibility index (Phi) is 2.82. The van der Waals surface area contributed by atoms with Crippen LogP contribution in [0.2, 0.25) is 0 Å². The van der Waals surface area contributed by atoms with E-state index in [-0.39, 0.29) is 11.8 Å². The molecular formula is C12H13NOS. The van der Waals surface area contributed by atoms with Gasteiger partial charge in [0.2, 0.25) is 5.91 Å². The SMILES string of the molecule is CC(c1ccccc1)C1CC(=O)NC1=S. The third-order valence-corrected chi connectivity index (χ3v) is 3.34. The van der Waals surface area contributed by atoms with Gasteiger partial charge in [0.25, 0.3) is 0 Å². The summed E-state index contributed by atoms with van der Waals surface area (Å²) in [5, 5.41) is 2.71. The Morgan fingerprint density at radius 1 is 1.40 bits per heavy atom. The first kappa shape index (κ1) is 10.3. The largest absolute Gasteiger partial charge is 0.320 e. The molecule has 2 atom stereocenters. The van der Waals surface area contributed by atoms with Gasteiger partial charge in [-0.15, -0.1) is 0 Å². The predicted molar refractivity (Wildman–Crippen MR) is 63.7 cm³/mol. The van der Waals surface area contributed by atoms with Crippen LogP contribution >= 0.6 is 12.2 Å². The normalized spacial score (nSPS) is 22.6. The van der Waals surface area contributed by atoms with E-state index >= 15 is 0 Å². The highest BCUT2D eigenvalue weighted by molar-refractivity contribution is 7.80. The fraction of sp³-hybridized carbons (Fsp3) is 0.333. The lowest BCUT2D eigenvalue weighted by Crippen LogP contribution is -2.22. The van der Waals surface area contributed by atoms with Crippen molar-refractivity contribution in [2.45, 2.75) is 19.3 Å². The maximum Gasteiger partial charge on any atom is 0.225 e. The first-order valence-corrected chi connectivity index (χ1v) is 5.48. The second-order valence-electron chi connectivity index (χ2n) is 3.92. The Morgan fingerprint density at radius 2 is 2.07 bits per heavy atom. The molecule has 1 aliphatic heterocycles. The van der Waals surface area contributed by atoms with Crippen LogP contribution in [0.5, 0.6) is 0 Å². The standard InChI is InChI=1S/C12H13NOS/c1-8(9-5-3-2-4-6-9)10-7-11(14)13-12(10)15/h2-6,8,10H,7H2,1H3,(H,13,14,15). The van der Waals surface area contributed by atoms with Crippen molar-refractivity contribution in [1.29, 1.82) is 0 Å². The minimum Gasteiger partial charge on any atom is -0.320 e. The number of thiocarbonyl (C=S) groups is 1. The van der Waals surface area contributed by atoms with Gasteiger partial charge in [0.1, 0.15) is 0 Å². The minimum absolute atomic E-state index is 0.0489. The molecule has 0 aliphatic carbocycles. The molecule has 1 aromatic rings. The second kappa shape index (κ2) is 4.11. The molecule has 78 valence electrons. The highest BCUT2D eigenvalue weighted by atomic mass is 32.1. The van der Waals surface area contributed by atoms with Crippen molar-refractivity contribution < 1.29 is 4.79 Å². The van der Waals surface area contributed by atoms with Crippen molar-refractivity contribution in [3.63, 3.8) is 0 Å². The van der Waals surface area contributed by atoms with Crippen molar-refractivity contribution in [1.82, 2.24) is 5.32 Å². The van der Waals surface area contributed by atoms with Crippen molar-refractivity contribution in [3.8, 4) is 0 Å². The molecular weight excluding hydrogens is 206 g/mol. The highest BCUT2D eigenvalue weighted by Crippen LogP contribution is 2.30. The molecule has 15 heavy (non-hydrogen) atoms. The van der Waals surface area contributed by atoms with Gasteiger partial charge in [-0.2, -0.15) is 0 Å². The topological polar surface area (TPSA) is 29.1 Å². The molecule has 0 aromatic heterocycles. The first-order chi connectivity index (χ1) is 7.18. The first-order valence-electron chi connectivity index (χ1n) is 5.07. The fourth-order valence-electron chi connectivity index (χ4n) is 1.97. The molecule has 1 heterocycles. The van der Waals surface area contributed by atoms with E-state index < -0.39 is 0 Å². The van der Waals surface area contributed by atoms with E-state index in [1.165, 1.54) is 5.56 Å². The average Bonchev–Trinajstić information content (AvgIpc) is 2.58. The third kappa shape index (κ3) is 2.07. The number of rotatable bonds is 2. The van der Waals surface area contributed by atoms with E-state index in [2.05, 4.69) is 24.4 Å². The molecule has 0 saturated carbocycles. The summed E-state index contributed by atoms with van der Waals surface area (Å²) in [7, 11) is 0. The Labute approximate surface area is 94.7 Å². The van der Waals surface area contributed by atoms with Gasteiger partial charge in [0.05, 0.1) is 4.99 Å². The zero-order valence-corrected chi connectivity index (χ0v) is 9.38. The van der Waals surface area contributed by atoms with E-state index in [4.69, 9.17) is 12.2 Å². The number of nitrogens with one attached hydrogen (secondary N) is 1. The average molecular weight is 219 g/mol. The molecule has 1 amide bonds.